The monoisotopic (exact) mass is 611 g/mol. The maximum absolute atomic E-state index is 13.9. The molecule has 4 aromatic rings. The molecule has 1 aliphatic carbocycles. The Labute approximate surface area is 250 Å². The number of anilines is 2. The first-order valence-electron chi connectivity index (χ1n) is 13.4. The van der Waals surface area contributed by atoms with Crippen LogP contribution in [0, 0.1) is 17.8 Å². The quantitative estimate of drug-likeness (QED) is 0.163. The number of alkyl halides is 3. The molecule has 4 heterocycles. The molecule has 0 radical (unpaired) electrons. The summed E-state index contributed by atoms with van der Waals surface area (Å²) >= 11 is 8.28. The molecule has 1 aromatic carbocycles. The van der Waals surface area contributed by atoms with Gasteiger partial charge in [-0.25, -0.2) is 0 Å². The summed E-state index contributed by atoms with van der Waals surface area (Å²) in [6, 6.07) is 5.04. The standard InChI is InChI=1S/C30H29ClF3N7S/c1-5-17-12-36-26-20(25(17)37-16-28(2,3)4)10-18(11-22(26)31)38-27(21-15-42-24-13-35-9-6-19(21)24)23-14-41(40-39-23)29(7-8-29)30(32,33)34/h1,6,9-15,27,38-40H,7-8,16H2,2-4H3,(H,36,37)/t27-/m0/s1. The van der Waals surface area contributed by atoms with Crippen molar-refractivity contribution in [3.05, 3.63) is 70.2 Å². The average Bonchev–Trinajstić information content (AvgIpc) is 3.43. The van der Waals surface area contributed by atoms with E-state index < -0.39 is 17.8 Å². The van der Waals surface area contributed by atoms with E-state index in [2.05, 4.69) is 58.3 Å². The Kier molecular flexibility index (Phi) is 6.91. The molecule has 1 aliphatic heterocycles. The lowest BCUT2D eigenvalue weighted by Gasteiger charge is -2.28. The number of pyridine rings is 2. The Balaban J connectivity index is 1.44. The van der Waals surface area contributed by atoms with E-state index in [1.54, 1.807) is 24.7 Å². The molecule has 6 rings (SSSR count). The second-order valence-corrected chi connectivity index (χ2v) is 13.1. The highest BCUT2D eigenvalue weighted by molar-refractivity contribution is 7.17. The summed E-state index contributed by atoms with van der Waals surface area (Å²) < 4.78 is 42.8. The number of thiophene rings is 1. The third-order valence-electron chi connectivity index (χ3n) is 7.52. The van der Waals surface area contributed by atoms with Crippen LogP contribution in [-0.2, 0) is 0 Å². The van der Waals surface area contributed by atoms with E-state index in [-0.39, 0.29) is 18.3 Å². The fourth-order valence-corrected chi connectivity index (χ4v) is 6.32. The van der Waals surface area contributed by atoms with E-state index >= 15 is 0 Å². The highest BCUT2D eigenvalue weighted by Gasteiger charge is 2.67. The third-order valence-corrected chi connectivity index (χ3v) is 8.76. The number of aromatic nitrogens is 2. The summed E-state index contributed by atoms with van der Waals surface area (Å²) in [7, 11) is 0. The molecule has 2 aliphatic rings. The second-order valence-electron chi connectivity index (χ2n) is 11.8. The Morgan fingerprint density at radius 3 is 2.69 bits per heavy atom. The predicted octanol–water partition coefficient (Wildman–Crippen LogP) is 7.35. The zero-order valence-corrected chi connectivity index (χ0v) is 24.7. The molecular weight excluding hydrogens is 583 g/mol. The maximum atomic E-state index is 13.9. The molecule has 1 fully saturated rings. The first-order chi connectivity index (χ1) is 19.9. The normalized spacial score (nSPS) is 17.1. The van der Waals surface area contributed by atoms with Gasteiger partial charge >= 0.3 is 6.18 Å². The van der Waals surface area contributed by atoms with Crippen LogP contribution in [0.15, 0.2) is 54.1 Å². The molecule has 0 amide bonds. The number of rotatable bonds is 7. The first kappa shape index (κ1) is 28.4. The van der Waals surface area contributed by atoms with Crippen LogP contribution in [0.4, 0.5) is 24.5 Å². The van der Waals surface area contributed by atoms with Gasteiger partial charge in [-0.1, -0.05) is 38.3 Å². The van der Waals surface area contributed by atoms with Crippen molar-refractivity contribution in [3.63, 3.8) is 0 Å². The molecule has 7 nitrogen and oxygen atoms in total. The van der Waals surface area contributed by atoms with Gasteiger partial charge in [-0.15, -0.1) is 23.3 Å². The van der Waals surface area contributed by atoms with Crippen LogP contribution in [0.3, 0.4) is 0 Å². The van der Waals surface area contributed by atoms with Crippen LogP contribution in [0.5, 0.6) is 0 Å². The van der Waals surface area contributed by atoms with Crippen molar-refractivity contribution in [1.29, 1.82) is 0 Å². The van der Waals surface area contributed by atoms with Crippen molar-refractivity contribution in [2.24, 2.45) is 5.41 Å². The predicted molar refractivity (Wildman–Crippen MR) is 163 cm³/mol. The van der Waals surface area contributed by atoms with E-state index in [0.717, 1.165) is 31.7 Å². The van der Waals surface area contributed by atoms with Gasteiger partial charge in [0.25, 0.3) is 0 Å². The van der Waals surface area contributed by atoms with Crippen molar-refractivity contribution in [2.45, 2.75) is 51.4 Å². The van der Waals surface area contributed by atoms with Crippen LogP contribution in [0.1, 0.15) is 50.8 Å². The molecule has 0 spiro atoms. The Hall–Kier alpha value is -3.72. The Bertz CT molecular complexity index is 1750. The summed E-state index contributed by atoms with van der Waals surface area (Å²) in [5.41, 5.74) is 7.80. The maximum Gasteiger partial charge on any atom is 0.413 e. The number of halogens is 4. The van der Waals surface area contributed by atoms with Crippen LogP contribution in [-0.4, -0.2) is 33.2 Å². The van der Waals surface area contributed by atoms with Gasteiger partial charge in [0.1, 0.15) is 0 Å². The van der Waals surface area contributed by atoms with Gasteiger partial charge in [-0.2, -0.15) is 13.2 Å². The minimum Gasteiger partial charge on any atom is -0.383 e. The van der Waals surface area contributed by atoms with E-state index in [4.69, 9.17) is 18.0 Å². The van der Waals surface area contributed by atoms with Crippen molar-refractivity contribution >= 4 is 55.3 Å². The molecule has 3 aromatic heterocycles. The van der Waals surface area contributed by atoms with E-state index in [1.165, 1.54) is 17.5 Å². The second kappa shape index (κ2) is 10.2. The lowest BCUT2D eigenvalue weighted by atomic mass is 9.96. The van der Waals surface area contributed by atoms with E-state index in [9.17, 15) is 13.2 Å². The molecule has 0 bridgehead atoms. The summed E-state index contributed by atoms with van der Waals surface area (Å²) in [4.78, 5) is 8.74. The molecule has 1 atom stereocenters. The SMILES string of the molecule is C#Cc1cnc2c(Cl)cc(N[C@H](C3=CN(C4(C(F)(F)F)CC4)NN3)c3csc4cnccc34)cc2c1NCC(C)(C)C. The third kappa shape index (κ3) is 5.08. The van der Waals surface area contributed by atoms with Crippen molar-refractivity contribution in [1.82, 2.24) is 25.9 Å². The van der Waals surface area contributed by atoms with E-state index in [1.807, 2.05) is 17.5 Å². The van der Waals surface area contributed by atoms with E-state index in [0.29, 0.717) is 34.0 Å². The van der Waals surface area contributed by atoms with Crippen LogP contribution in [0.25, 0.3) is 21.0 Å². The minimum atomic E-state index is -4.37. The first-order valence-corrected chi connectivity index (χ1v) is 14.7. The van der Waals surface area contributed by atoms with Gasteiger partial charge in [0.2, 0.25) is 0 Å². The number of hydrazine groups is 2. The molecule has 4 N–H and O–H groups in total. The number of hydrogen-bond donors (Lipinski definition) is 4. The largest absolute Gasteiger partial charge is 0.413 e. The van der Waals surface area contributed by atoms with Crippen LogP contribution >= 0.6 is 22.9 Å². The van der Waals surface area contributed by atoms with Crippen molar-refractivity contribution < 1.29 is 13.2 Å². The number of terminal acetylenes is 1. The topological polar surface area (TPSA) is 77.1 Å². The van der Waals surface area contributed by atoms with Gasteiger partial charge in [-0.05, 0) is 47.4 Å². The number of nitrogens with one attached hydrogen (secondary N) is 4. The van der Waals surface area contributed by atoms with Gasteiger partial charge in [0.05, 0.1) is 38.2 Å². The molecule has 218 valence electrons. The van der Waals surface area contributed by atoms with Gasteiger partial charge in [0.15, 0.2) is 5.54 Å². The van der Waals surface area contributed by atoms with Crippen molar-refractivity contribution in [2.75, 3.05) is 17.2 Å². The molecule has 0 saturated heterocycles. The average molecular weight is 612 g/mol. The molecule has 1 saturated carbocycles. The smallest absolute Gasteiger partial charge is 0.383 e. The fraction of sp³-hybridized carbons (Fsp3) is 0.333. The lowest BCUT2D eigenvalue weighted by Crippen LogP contribution is -2.52. The van der Waals surface area contributed by atoms with Gasteiger partial charge < -0.3 is 16.1 Å². The highest BCUT2D eigenvalue weighted by atomic mass is 35.5. The summed E-state index contributed by atoms with van der Waals surface area (Å²) in [6.07, 6.45) is 8.11. The van der Waals surface area contributed by atoms with Gasteiger partial charge in [-0.3, -0.25) is 15.0 Å². The number of fused-ring (bicyclic) bond motifs is 2. The zero-order valence-electron chi connectivity index (χ0n) is 23.2. The number of benzene rings is 1. The number of nitrogens with zero attached hydrogens (tertiary/aromatic N) is 3. The molecular formula is C30H29ClF3N7S. The molecule has 12 heteroatoms. The van der Waals surface area contributed by atoms with Crippen LogP contribution in [0.2, 0.25) is 5.02 Å². The molecule has 0 unspecified atom stereocenters. The van der Waals surface area contributed by atoms with Gasteiger partial charge in [0, 0.05) is 47.8 Å². The summed E-state index contributed by atoms with van der Waals surface area (Å²) in [6.45, 7) is 7.02. The lowest BCUT2D eigenvalue weighted by molar-refractivity contribution is -0.195. The summed E-state index contributed by atoms with van der Waals surface area (Å²) in [5, 5.41) is 12.2. The highest BCUT2D eigenvalue weighted by Crippen LogP contribution is 2.54. The molecule has 42 heavy (non-hydrogen) atoms. The fourth-order valence-electron chi connectivity index (χ4n) is 5.10. The van der Waals surface area contributed by atoms with Crippen LogP contribution < -0.4 is 21.6 Å². The Morgan fingerprint density at radius 2 is 2.00 bits per heavy atom. The van der Waals surface area contributed by atoms with Crippen molar-refractivity contribution in [3.8, 4) is 12.3 Å². The zero-order chi connectivity index (χ0) is 29.9. The minimum absolute atomic E-state index is 0.0180. The number of hydrogen-bond acceptors (Lipinski definition) is 8. The Morgan fingerprint density at radius 1 is 1.21 bits per heavy atom. The summed E-state index contributed by atoms with van der Waals surface area (Å²) in [5.74, 6) is 2.71.